The van der Waals surface area contributed by atoms with Gasteiger partial charge in [-0.3, -0.25) is 9.69 Å². The topological polar surface area (TPSA) is 85.2 Å². The van der Waals surface area contributed by atoms with Crippen molar-refractivity contribution < 1.29 is 9.53 Å². The summed E-state index contributed by atoms with van der Waals surface area (Å²) in [5.74, 6) is 0.611. The van der Waals surface area contributed by atoms with Crippen LogP contribution in [-0.4, -0.2) is 50.7 Å². The van der Waals surface area contributed by atoms with Crippen molar-refractivity contribution in [3.05, 3.63) is 70.5 Å². The first-order chi connectivity index (χ1) is 15.5. The Morgan fingerprint density at radius 1 is 1.25 bits per heavy atom. The molecule has 4 heterocycles. The molecule has 9 heteroatoms. The van der Waals surface area contributed by atoms with E-state index in [-0.39, 0.29) is 5.91 Å². The molecule has 3 aromatic rings. The number of carbonyl (C=O) groups excluding carboxylic acids is 1. The molecule has 2 aromatic heterocycles. The van der Waals surface area contributed by atoms with Crippen LogP contribution in [0, 0.1) is 6.92 Å². The van der Waals surface area contributed by atoms with Gasteiger partial charge in [0.15, 0.2) is 6.10 Å². The van der Waals surface area contributed by atoms with Crippen molar-refractivity contribution in [3.8, 4) is 5.69 Å². The van der Waals surface area contributed by atoms with E-state index in [1.54, 1.807) is 24.1 Å². The van der Waals surface area contributed by atoms with E-state index >= 15 is 0 Å². The van der Waals surface area contributed by atoms with E-state index in [0.29, 0.717) is 5.02 Å². The van der Waals surface area contributed by atoms with Gasteiger partial charge < -0.3 is 10.1 Å². The summed E-state index contributed by atoms with van der Waals surface area (Å²) in [7, 11) is 1.64. The van der Waals surface area contributed by atoms with Crippen molar-refractivity contribution in [2.45, 2.75) is 38.0 Å². The molecule has 2 aliphatic rings. The second-order valence-electron chi connectivity index (χ2n) is 8.40. The number of likely N-dealkylation sites (tertiary alicyclic amines) is 1. The summed E-state index contributed by atoms with van der Waals surface area (Å²) >= 11 is 6.30. The summed E-state index contributed by atoms with van der Waals surface area (Å²) in [5.41, 5.74) is 3.46. The van der Waals surface area contributed by atoms with Crippen LogP contribution in [0.2, 0.25) is 5.02 Å². The normalized spacial score (nSPS) is 19.8. The van der Waals surface area contributed by atoms with Crippen LogP contribution >= 0.6 is 11.6 Å². The number of nitrogens with one attached hydrogen (secondary N) is 1. The first kappa shape index (κ1) is 21.1. The molecule has 1 N–H and O–H groups in total. The standard InChI is InChI=1S/C23H25ClN6O2/c1-15-26-11-18(12-27-15)30-14-16(10-28-30)13-29-7-5-23(6-8-29)20-9-17(24)3-4-19(20)21(32-23)22(31)25-2/h3-4,9-12,14,21H,5-8,13H2,1-2H3,(H,25,31). The highest BCUT2D eigenvalue weighted by atomic mass is 35.5. The summed E-state index contributed by atoms with van der Waals surface area (Å²) in [6.45, 7) is 4.36. The fourth-order valence-corrected chi connectivity index (χ4v) is 4.81. The highest BCUT2D eigenvalue weighted by Gasteiger charge is 2.48. The quantitative estimate of drug-likeness (QED) is 0.655. The summed E-state index contributed by atoms with van der Waals surface area (Å²) in [6, 6.07) is 5.70. The predicted octanol–water partition coefficient (Wildman–Crippen LogP) is 2.93. The Hall–Kier alpha value is -2.81. The lowest BCUT2D eigenvalue weighted by Gasteiger charge is -2.39. The lowest BCUT2D eigenvalue weighted by Crippen LogP contribution is -2.42. The Morgan fingerprint density at radius 2 is 2.00 bits per heavy atom. The van der Waals surface area contributed by atoms with Crippen LogP contribution in [0.3, 0.4) is 0 Å². The minimum atomic E-state index is -0.589. The number of aromatic nitrogens is 4. The fraction of sp³-hybridized carbons (Fsp3) is 0.391. The van der Waals surface area contributed by atoms with E-state index in [4.69, 9.17) is 16.3 Å². The van der Waals surface area contributed by atoms with Crippen LogP contribution in [0.1, 0.15) is 41.5 Å². The number of aryl methyl sites for hydroxylation is 1. The van der Waals surface area contributed by atoms with Gasteiger partial charge in [-0.15, -0.1) is 0 Å². The molecule has 1 spiro atoms. The van der Waals surface area contributed by atoms with Gasteiger partial charge in [0, 0.05) is 43.5 Å². The first-order valence-electron chi connectivity index (χ1n) is 10.7. The van der Waals surface area contributed by atoms with Gasteiger partial charge in [0.05, 0.1) is 24.2 Å². The number of carbonyl (C=O) groups is 1. The van der Waals surface area contributed by atoms with E-state index in [1.807, 2.05) is 37.5 Å². The number of benzene rings is 1. The number of likely N-dealkylation sites (N-methyl/N-ethyl adjacent to an activating group) is 1. The van der Waals surface area contributed by atoms with Crippen LogP contribution in [0.25, 0.3) is 5.69 Å². The van der Waals surface area contributed by atoms with E-state index < -0.39 is 11.7 Å². The number of halogens is 1. The van der Waals surface area contributed by atoms with Crippen molar-refractivity contribution >= 4 is 17.5 Å². The monoisotopic (exact) mass is 452 g/mol. The zero-order valence-electron chi connectivity index (χ0n) is 18.1. The molecule has 1 unspecified atom stereocenters. The predicted molar refractivity (Wildman–Crippen MR) is 119 cm³/mol. The molecule has 0 radical (unpaired) electrons. The number of fused-ring (bicyclic) bond motifs is 2. The van der Waals surface area contributed by atoms with Gasteiger partial charge in [-0.25, -0.2) is 14.6 Å². The van der Waals surface area contributed by atoms with Gasteiger partial charge in [-0.2, -0.15) is 5.10 Å². The van der Waals surface area contributed by atoms with Gasteiger partial charge >= 0.3 is 0 Å². The number of hydrogen-bond acceptors (Lipinski definition) is 6. The van der Waals surface area contributed by atoms with Crippen molar-refractivity contribution in [2.75, 3.05) is 20.1 Å². The largest absolute Gasteiger partial charge is 0.357 e. The maximum absolute atomic E-state index is 12.4. The van der Waals surface area contributed by atoms with Gasteiger partial charge in [0.1, 0.15) is 11.5 Å². The molecule has 0 aliphatic carbocycles. The SMILES string of the molecule is CNC(=O)C1OC2(CCN(Cc3cnn(-c4cnc(C)nc4)c3)CC2)c2cc(Cl)ccc21. The fourth-order valence-electron chi connectivity index (χ4n) is 4.63. The van der Waals surface area contributed by atoms with Gasteiger partial charge in [0.25, 0.3) is 5.91 Å². The van der Waals surface area contributed by atoms with Crippen LogP contribution in [-0.2, 0) is 21.7 Å². The summed E-state index contributed by atoms with van der Waals surface area (Å²) in [4.78, 5) is 23.3. The molecular weight excluding hydrogens is 428 g/mol. The molecule has 0 bridgehead atoms. The average molecular weight is 453 g/mol. The zero-order chi connectivity index (χ0) is 22.3. The minimum absolute atomic E-state index is 0.125. The maximum Gasteiger partial charge on any atom is 0.253 e. The Morgan fingerprint density at radius 3 is 2.72 bits per heavy atom. The van der Waals surface area contributed by atoms with Crippen molar-refractivity contribution in [2.24, 2.45) is 0 Å². The number of hydrogen-bond donors (Lipinski definition) is 1. The molecule has 8 nitrogen and oxygen atoms in total. The van der Waals surface area contributed by atoms with Crippen LogP contribution in [0.5, 0.6) is 0 Å². The molecular formula is C23H25ClN6O2. The van der Waals surface area contributed by atoms with E-state index in [9.17, 15) is 4.79 Å². The first-order valence-corrected chi connectivity index (χ1v) is 11.1. The molecule has 1 fully saturated rings. The second kappa shape index (κ2) is 8.27. The maximum atomic E-state index is 12.4. The van der Waals surface area contributed by atoms with Crippen LogP contribution in [0.4, 0.5) is 0 Å². The van der Waals surface area contributed by atoms with E-state index in [0.717, 1.165) is 60.7 Å². The molecule has 1 atom stereocenters. The number of ether oxygens (including phenoxy) is 1. The van der Waals surface area contributed by atoms with Crippen molar-refractivity contribution in [3.63, 3.8) is 0 Å². The van der Waals surface area contributed by atoms with E-state index in [2.05, 4.69) is 25.3 Å². The highest BCUT2D eigenvalue weighted by molar-refractivity contribution is 6.30. The number of piperidine rings is 1. The molecule has 1 saturated heterocycles. The Balaban J connectivity index is 1.29. The zero-order valence-corrected chi connectivity index (χ0v) is 18.8. The van der Waals surface area contributed by atoms with Crippen LogP contribution in [0.15, 0.2) is 43.0 Å². The molecule has 5 rings (SSSR count). The third-order valence-electron chi connectivity index (χ3n) is 6.35. The second-order valence-corrected chi connectivity index (χ2v) is 8.83. The molecule has 32 heavy (non-hydrogen) atoms. The Kier molecular flexibility index (Phi) is 5.44. The number of nitrogens with zero attached hydrogens (tertiary/aromatic N) is 5. The smallest absolute Gasteiger partial charge is 0.253 e. The van der Waals surface area contributed by atoms with Gasteiger partial charge in [-0.05, 0) is 43.0 Å². The molecule has 0 saturated carbocycles. The summed E-state index contributed by atoms with van der Waals surface area (Å²) in [5, 5.41) is 7.84. The lowest BCUT2D eigenvalue weighted by molar-refractivity contribution is -0.150. The van der Waals surface area contributed by atoms with Crippen LogP contribution < -0.4 is 5.32 Å². The third-order valence-corrected chi connectivity index (χ3v) is 6.59. The lowest BCUT2D eigenvalue weighted by atomic mass is 9.83. The molecule has 1 amide bonds. The molecule has 2 aliphatic heterocycles. The van der Waals surface area contributed by atoms with E-state index in [1.165, 1.54) is 0 Å². The average Bonchev–Trinajstić information content (AvgIpc) is 3.39. The minimum Gasteiger partial charge on any atom is -0.357 e. The van der Waals surface area contributed by atoms with Gasteiger partial charge in [-0.1, -0.05) is 17.7 Å². The van der Waals surface area contributed by atoms with Gasteiger partial charge in [0.2, 0.25) is 0 Å². The molecule has 166 valence electrons. The van der Waals surface area contributed by atoms with Crippen molar-refractivity contribution in [1.29, 1.82) is 0 Å². The number of amides is 1. The third kappa shape index (κ3) is 3.79. The summed E-state index contributed by atoms with van der Waals surface area (Å²) < 4.78 is 8.21. The molecule has 1 aromatic carbocycles. The summed E-state index contributed by atoms with van der Waals surface area (Å²) in [6.07, 6.45) is 8.45. The van der Waals surface area contributed by atoms with Crippen molar-refractivity contribution in [1.82, 2.24) is 30.0 Å². The Labute approximate surface area is 191 Å². The Bertz CT molecular complexity index is 1140. The highest BCUT2D eigenvalue weighted by Crippen LogP contribution is 2.50. The number of rotatable bonds is 4.